The lowest BCUT2D eigenvalue weighted by molar-refractivity contribution is -0.393. The number of methoxy groups -OCH3 is 1. The highest BCUT2D eigenvalue weighted by atomic mass is 16.6. The van der Waals surface area contributed by atoms with Crippen molar-refractivity contribution in [2.24, 2.45) is 5.10 Å². The zero-order valence-corrected chi connectivity index (χ0v) is 16.6. The van der Waals surface area contributed by atoms with Crippen LogP contribution < -0.4 is 14.9 Å². The van der Waals surface area contributed by atoms with Crippen LogP contribution in [-0.4, -0.2) is 29.1 Å². The molecule has 3 aromatic carbocycles. The Balaban J connectivity index is 1.70. The van der Waals surface area contributed by atoms with Crippen molar-refractivity contribution in [3.63, 3.8) is 0 Å². The van der Waals surface area contributed by atoms with Crippen molar-refractivity contribution in [2.75, 3.05) is 12.5 Å². The predicted molar refractivity (Wildman–Crippen MR) is 115 cm³/mol. The highest BCUT2D eigenvalue weighted by Gasteiger charge is 2.19. The van der Waals surface area contributed by atoms with Crippen molar-refractivity contribution in [3.8, 4) is 11.5 Å². The number of hydrogen-bond acceptors (Lipinski definition) is 9. The quantitative estimate of drug-likeness (QED) is 0.182. The summed E-state index contributed by atoms with van der Waals surface area (Å²) in [5, 5.41) is 25.9. The number of non-ortho nitro benzene ring substituents is 1. The minimum atomic E-state index is -0.746. The number of nitro groups is 2. The molecule has 3 aromatic rings. The first-order valence-electron chi connectivity index (χ1n) is 9.05. The van der Waals surface area contributed by atoms with Crippen LogP contribution in [0.4, 0.5) is 17.1 Å². The molecule has 162 valence electrons. The molecule has 0 heterocycles. The summed E-state index contributed by atoms with van der Waals surface area (Å²) >= 11 is 0. The molecule has 0 saturated carbocycles. The molecule has 11 heteroatoms. The van der Waals surface area contributed by atoms with E-state index in [0.29, 0.717) is 16.9 Å². The molecule has 0 unspecified atom stereocenters. The van der Waals surface area contributed by atoms with E-state index in [1.165, 1.54) is 19.4 Å². The lowest BCUT2D eigenvalue weighted by Crippen LogP contribution is -2.08. The number of hydrogen-bond donors (Lipinski definition) is 1. The van der Waals surface area contributed by atoms with E-state index < -0.39 is 27.2 Å². The number of hydrazone groups is 1. The van der Waals surface area contributed by atoms with Gasteiger partial charge in [0.05, 0.1) is 34.8 Å². The molecule has 0 amide bonds. The Labute approximate surface area is 181 Å². The number of nitrogens with zero attached hydrogens (tertiary/aromatic N) is 3. The van der Waals surface area contributed by atoms with Gasteiger partial charge in [-0.25, -0.2) is 4.79 Å². The second-order valence-electron chi connectivity index (χ2n) is 6.28. The van der Waals surface area contributed by atoms with E-state index in [2.05, 4.69) is 10.5 Å². The van der Waals surface area contributed by atoms with Gasteiger partial charge in [-0.05, 0) is 48.0 Å². The number of rotatable bonds is 8. The summed E-state index contributed by atoms with van der Waals surface area (Å²) in [7, 11) is 1.52. The fourth-order valence-electron chi connectivity index (χ4n) is 2.61. The summed E-state index contributed by atoms with van der Waals surface area (Å²) < 4.78 is 10.4. The molecule has 0 aliphatic heterocycles. The van der Waals surface area contributed by atoms with Crippen molar-refractivity contribution in [2.45, 2.75) is 0 Å². The van der Waals surface area contributed by atoms with Gasteiger partial charge < -0.3 is 9.47 Å². The number of carbonyl (C=O) groups excluding carboxylic acids is 1. The Morgan fingerprint density at radius 2 is 1.72 bits per heavy atom. The summed E-state index contributed by atoms with van der Waals surface area (Å²) in [6.07, 6.45) is 1.36. The topological polar surface area (TPSA) is 146 Å². The monoisotopic (exact) mass is 436 g/mol. The van der Waals surface area contributed by atoms with E-state index in [9.17, 15) is 25.0 Å². The molecular weight excluding hydrogens is 420 g/mol. The number of anilines is 1. The average molecular weight is 436 g/mol. The molecule has 32 heavy (non-hydrogen) atoms. The van der Waals surface area contributed by atoms with Crippen LogP contribution in [-0.2, 0) is 0 Å². The standard InChI is InChI=1S/C21H16N4O7/c1-31-17-8-5-15(6-9-17)21(26)32-18-4-2-3-14(11-18)13-22-23-19-10-7-16(24(27)28)12-20(19)25(29)30/h2-13,23H,1H3/b22-13-. The molecule has 11 nitrogen and oxygen atoms in total. The minimum Gasteiger partial charge on any atom is -0.497 e. The summed E-state index contributed by atoms with van der Waals surface area (Å²) in [4.78, 5) is 32.8. The molecule has 0 aliphatic carbocycles. The molecule has 0 aromatic heterocycles. The van der Waals surface area contributed by atoms with Gasteiger partial charge >= 0.3 is 11.7 Å². The lowest BCUT2D eigenvalue weighted by Gasteiger charge is -2.06. The zero-order valence-electron chi connectivity index (χ0n) is 16.6. The molecule has 0 bridgehead atoms. The molecule has 1 N–H and O–H groups in total. The van der Waals surface area contributed by atoms with Gasteiger partial charge in [-0.3, -0.25) is 25.7 Å². The first kappa shape index (κ1) is 21.9. The molecule has 0 aliphatic rings. The summed E-state index contributed by atoms with van der Waals surface area (Å²) in [6, 6.07) is 16.1. The Kier molecular flexibility index (Phi) is 6.71. The van der Waals surface area contributed by atoms with E-state index in [1.807, 2.05) is 0 Å². The smallest absolute Gasteiger partial charge is 0.343 e. The summed E-state index contributed by atoms with van der Waals surface area (Å²) in [6.45, 7) is 0. The van der Waals surface area contributed by atoms with E-state index >= 15 is 0 Å². The van der Waals surface area contributed by atoms with Crippen LogP contribution in [0.5, 0.6) is 11.5 Å². The number of nitrogens with one attached hydrogen (secondary N) is 1. The van der Waals surface area contributed by atoms with Gasteiger partial charge in [0.1, 0.15) is 17.2 Å². The third-order valence-corrected chi connectivity index (χ3v) is 4.18. The third-order valence-electron chi connectivity index (χ3n) is 4.18. The first-order chi connectivity index (χ1) is 15.4. The SMILES string of the molecule is COc1ccc(C(=O)Oc2cccc(/C=N\Nc3ccc([N+](=O)[O-])cc3[N+](=O)[O-])c2)cc1. The summed E-state index contributed by atoms with van der Waals surface area (Å²) in [5.41, 5.74) is 2.47. The Bertz CT molecular complexity index is 1190. The van der Waals surface area contributed by atoms with E-state index in [1.54, 1.807) is 48.5 Å². The minimum absolute atomic E-state index is 0.0149. The van der Waals surface area contributed by atoms with E-state index in [0.717, 1.165) is 12.1 Å². The van der Waals surface area contributed by atoms with E-state index in [-0.39, 0.29) is 11.4 Å². The van der Waals surface area contributed by atoms with Crippen molar-refractivity contribution < 1.29 is 24.1 Å². The van der Waals surface area contributed by atoms with Crippen molar-refractivity contribution in [1.29, 1.82) is 0 Å². The third kappa shape index (κ3) is 5.42. The lowest BCUT2D eigenvalue weighted by atomic mass is 10.2. The van der Waals surface area contributed by atoms with Gasteiger partial charge in [-0.1, -0.05) is 12.1 Å². The molecule has 0 atom stereocenters. The number of nitro benzene ring substituents is 2. The van der Waals surface area contributed by atoms with Crippen molar-refractivity contribution >= 4 is 29.2 Å². The van der Waals surface area contributed by atoms with Gasteiger partial charge in [0, 0.05) is 6.07 Å². The maximum atomic E-state index is 12.3. The number of ether oxygens (including phenoxy) is 2. The van der Waals surface area contributed by atoms with Gasteiger partial charge in [0.15, 0.2) is 0 Å². The van der Waals surface area contributed by atoms with Gasteiger partial charge in [-0.15, -0.1) is 0 Å². The Morgan fingerprint density at radius 1 is 0.969 bits per heavy atom. The molecular formula is C21H16N4O7. The number of esters is 1. The number of carbonyl (C=O) groups is 1. The highest BCUT2D eigenvalue weighted by Crippen LogP contribution is 2.28. The predicted octanol–water partition coefficient (Wildman–Crippen LogP) is 4.18. The van der Waals surface area contributed by atoms with Gasteiger partial charge in [-0.2, -0.15) is 5.10 Å². The largest absolute Gasteiger partial charge is 0.497 e. The average Bonchev–Trinajstić information content (AvgIpc) is 2.79. The van der Waals surface area contributed by atoms with Crippen LogP contribution in [0.3, 0.4) is 0 Å². The molecule has 0 spiro atoms. The van der Waals surface area contributed by atoms with Gasteiger partial charge in [0.2, 0.25) is 0 Å². The van der Waals surface area contributed by atoms with Crippen LogP contribution in [0.1, 0.15) is 15.9 Å². The van der Waals surface area contributed by atoms with Crippen LogP contribution in [0.2, 0.25) is 0 Å². The van der Waals surface area contributed by atoms with E-state index in [4.69, 9.17) is 9.47 Å². The highest BCUT2D eigenvalue weighted by molar-refractivity contribution is 5.91. The Hall–Kier alpha value is -4.80. The van der Waals surface area contributed by atoms with Crippen LogP contribution in [0.25, 0.3) is 0 Å². The van der Waals surface area contributed by atoms with Crippen molar-refractivity contribution in [1.82, 2.24) is 0 Å². The van der Waals surface area contributed by atoms with Gasteiger partial charge in [0.25, 0.3) is 5.69 Å². The Morgan fingerprint density at radius 3 is 2.38 bits per heavy atom. The first-order valence-corrected chi connectivity index (χ1v) is 9.05. The molecule has 0 saturated heterocycles. The van der Waals surface area contributed by atoms with Crippen molar-refractivity contribution in [3.05, 3.63) is 98.1 Å². The molecule has 0 fully saturated rings. The molecule has 3 rings (SSSR count). The fraction of sp³-hybridized carbons (Fsp3) is 0.0476. The maximum absolute atomic E-state index is 12.3. The van der Waals surface area contributed by atoms with Crippen LogP contribution in [0, 0.1) is 20.2 Å². The van der Waals surface area contributed by atoms with Crippen LogP contribution >= 0.6 is 0 Å². The second kappa shape index (κ2) is 9.80. The number of benzene rings is 3. The van der Waals surface area contributed by atoms with Crippen LogP contribution in [0.15, 0.2) is 71.8 Å². The second-order valence-corrected chi connectivity index (χ2v) is 6.28. The molecule has 0 radical (unpaired) electrons. The zero-order chi connectivity index (χ0) is 23.1. The normalized spacial score (nSPS) is 10.5. The fourth-order valence-corrected chi connectivity index (χ4v) is 2.61. The summed E-state index contributed by atoms with van der Waals surface area (Å²) in [5.74, 6) is 0.331. The maximum Gasteiger partial charge on any atom is 0.343 e.